The number of ether oxygens (including phenoxy) is 1. The van der Waals surface area contributed by atoms with Crippen molar-refractivity contribution in [2.45, 2.75) is 27.2 Å². The van der Waals surface area contributed by atoms with Crippen LogP contribution in [-0.4, -0.2) is 22.3 Å². The molecule has 0 fully saturated rings. The molecule has 0 saturated heterocycles. The summed E-state index contributed by atoms with van der Waals surface area (Å²) in [6.07, 6.45) is 0.717. The summed E-state index contributed by atoms with van der Waals surface area (Å²) in [6.45, 7) is 9.55. The number of hydrogen-bond donors (Lipinski definition) is 0. The molecule has 2 rings (SSSR count). The van der Waals surface area contributed by atoms with E-state index in [1.165, 1.54) is 4.68 Å². The molecule has 1 aromatic heterocycles. The number of aromatic nitrogens is 2. The number of halogens is 2. The molecule has 6 heteroatoms. The second-order valence-electron chi connectivity index (χ2n) is 5.45. The smallest absolute Gasteiger partial charge is 0.284 e. The van der Waals surface area contributed by atoms with Crippen LogP contribution in [0.1, 0.15) is 28.7 Å². The molecule has 0 radical (unpaired) electrons. The quantitative estimate of drug-likeness (QED) is 0.684. The van der Waals surface area contributed by atoms with Crippen LogP contribution in [0.4, 0.5) is 0 Å². The lowest BCUT2D eigenvalue weighted by molar-refractivity contribution is 0.0817. The Balaban J connectivity index is 2.13. The lowest BCUT2D eigenvalue weighted by Crippen LogP contribution is -2.22. The average Bonchev–Trinajstić information content (AvgIpc) is 2.74. The third-order valence-corrected chi connectivity index (χ3v) is 4.26. The van der Waals surface area contributed by atoms with Gasteiger partial charge in [0.1, 0.15) is 5.75 Å². The van der Waals surface area contributed by atoms with Gasteiger partial charge in [-0.15, -0.1) is 0 Å². The molecule has 0 aliphatic heterocycles. The first-order valence-corrected chi connectivity index (χ1v) is 8.27. The summed E-state index contributed by atoms with van der Waals surface area (Å²) in [6, 6.07) is 5.14. The lowest BCUT2D eigenvalue weighted by Gasteiger charge is -2.09. The minimum absolute atomic E-state index is 0.102. The Morgan fingerprint density at radius 1 is 1.43 bits per heavy atom. The predicted molar refractivity (Wildman–Crippen MR) is 95.5 cm³/mol. The Kier molecular flexibility index (Phi) is 5.65. The topological polar surface area (TPSA) is 44.1 Å². The molecule has 0 aliphatic carbocycles. The van der Waals surface area contributed by atoms with Crippen LogP contribution in [0.15, 0.2) is 34.8 Å². The molecule has 122 valence electrons. The molecular formula is C17H18BrClN2O2. The maximum Gasteiger partial charge on any atom is 0.284 e. The molecule has 0 atom stereocenters. The van der Waals surface area contributed by atoms with E-state index >= 15 is 0 Å². The van der Waals surface area contributed by atoms with Gasteiger partial charge in [-0.3, -0.25) is 4.79 Å². The van der Waals surface area contributed by atoms with Gasteiger partial charge < -0.3 is 4.74 Å². The second-order valence-corrected chi connectivity index (χ2v) is 6.74. The van der Waals surface area contributed by atoms with Gasteiger partial charge in [-0.05, 0) is 61.3 Å². The normalized spacial score (nSPS) is 10.7. The molecule has 4 nitrogen and oxygen atoms in total. The molecule has 0 unspecified atom stereocenters. The SMILES string of the molecule is C=C(C)Cc1c(C)nn(C(=O)COc2ccc(Cl)cc2Br)c1C. The van der Waals surface area contributed by atoms with Gasteiger partial charge >= 0.3 is 0 Å². The summed E-state index contributed by atoms with van der Waals surface area (Å²) in [5.74, 6) is 0.340. The highest BCUT2D eigenvalue weighted by Gasteiger charge is 2.17. The summed E-state index contributed by atoms with van der Waals surface area (Å²) < 4.78 is 7.66. The van der Waals surface area contributed by atoms with Gasteiger partial charge in [0.15, 0.2) is 6.61 Å². The fourth-order valence-electron chi connectivity index (χ4n) is 2.27. The van der Waals surface area contributed by atoms with Crippen LogP contribution in [-0.2, 0) is 6.42 Å². The van der Waals surface area contributed by atoms with E-state index in [4.69, 9.17) is 16.3 Å². The molecule has 0 saturated carbocycles. The maximum absolute atomic E-state index is 12.4. The van der Waals surface area contributed by atoms with Gasteiger partial charge in [-0.25, -0.2) is 4.68 Å². The molecule has 0 bridgehead atoms. The van der Waals surface area contributed by atoms with Crippen molar-refractivity contribution in [3.05, 3.63) is 56.8 Å². The first-order valence-electron chi connectivity index (χ1n) is 7.10. The van der Waals surface area contributed by atoms with E-state index in [2.05, 4.69) is 27.6 Å². The lowest BCUT2D eigenvalue weighted by atomic mass is 10.1. The van der Waals surface area contributed by atoms with Gasteiger partial charge in [-0.1, -0.05) is 23.8 Å². The van der Waals surface area contributed by atoms with E-state index in [-0.39, 0.29) is 12.5 Å². The van der Waals surface area contributed by atoms with Crippen LogP contribution >= 0.6 is 27.5 Å². The van der Waals surface area contributed by atoms with Gasteiger partial charge in [-0.2, -0.15) is 5.10 Å². The molecule has 23 heavy (non-hydrogen) atoms. The van der Waals surface area contributed by atoms with Gasteiger partial charge in [0.05, 0.1) is 10.2 Å². The fourth-order valence-corrected chi connectivity index (χ4v) is 3.07. The van der Waals surface area contributed by atoms with Gasteiger partial charge in [0.2, 0.25) is 0 Å². The highest BCUT2D eigenvalue weighted by Crippen LogP contribution is 2.28. The van der Waals surface area contributed by atoms with Crippen molar-refractivity contribution in [3.8, 4) is 5.75 Å². The van der Waals surface area contributed by atoms with E-state index in [0.29, 0.717) is 21.7 Å². The zero-order chi connectivity index (χ0) is 17.1. The number of nitrogens with zero attached hydrogens (tertiary/aromatic N) is 2. The van der Waals surface area contributed by atoms with Crippen molar-refractivity contribution in [2.24, 2.45) is 0 Å². The number of benzene rings is 1. The van der Waals surface area contributed by atoms with Crippen LogP contribution in [0.25, 0.3) is 0 Å². The second kappa shape index (κ2) is 7.32. The zero-order valence-electron chi connectivity index (χ0n) is 13.3. The number of aryl methyl sites for hydroxylation is 1. The number of carbonyl (C=O) groups excluding carboxylic acids is 1. The summed E-state index contributed by atoms with van der Waals surface area (Å²) in [4.78, 5) is 12.4. The van der Waals surface area contributed by atoms with Crippen molar-refractivity contribution >= 4 is 33.4 Å². The molecule has 0 amide bonds. The van der Waals surface area contributed by atoms with Crippen molar-refractivity contribution in [1.29, 1.82) is 0 Å². The minimum atomic E-state index is -0.222. The average molecular weight is 398 g/mol. The monoisotopic (exact) mass is 396 g/mol. The van der Waals surface area contributed by atoms with Gasteiger partial charge in [0, 0.05) is 16.3 Å². The van der Waals surface area contributed by atoms with Crippen molar-refractivity contribution in [1.82, 2.24) is 9.78 Å². The Morgan fingerprint density at radius 2 is 2.13 bits per heavy atom. The zero-order valence-corrected chi connectivity index (χ0v) is 15.7. The van der Waals surface area contributed by atoms with Crippen LogP contribution < -0.4 is 4.74 Å². The van der Waals surface area contributed by atoms with Gasteiger partial charge in [0.25, 0.3) is 5.91 Å². The highest BCUT2D eigenvalue weighted by molar-refractivity contribution is 9.10. The van der Waals surface area contributed by atoms with Crippen LogP contribution in [0.3, 0.4) is 0 Å². The molecular weight excluding hydrogens is 380 g/mol. The predicted octanol–water partition coefficient (Wildman–Crippen LogP) is 4.75. The van der Waals surface area contributed by atoms with E-state index < -0.39 is 0 Å². The standard InChI is InChI=1S/C17H18BrClN2O2/c1-10(2)7-14-11(3)20-21(12(14)4)17(22)9-23-16-6-5-13(19)8-15(16)18/h5-6,8H,1,7,9H2,2-4H3. The van der Waals surface area contributed by atoms with Crippen LogP contribution in [0.2, 0.25) is 5.02 Å². The Bertz CT molecular complexity index is 768. The largest absolute Gasteiger partial charge is 0.482 e. The van der Waals surface area contributed by atoms with E-state index in [1.807, 2.05) is 20.8 Å². The molecule has 0 aliphatic rings. The third kappa shape index (κ3) is 4.24. The fraction of sp³-hybridized carbons (Fsp3) is 0.294. The van der Waals surface area contributed by atoms with Crippen molar-refractivity contribution < 1.29 is 9.53 Å². The number of hydrogen-bond acceptors (Lipinski definition) is 3. The minimum Gasteiger partial charge on any atom is -0.482 e. The van der Waals surface area contributed by atoms with Crippen molar-refractivity contribution in [2.75, 3.05) is 6.61 Å². The molecule has 1 aromatic carbocycles. The Morgan fingerprint density at radius 3 is 2.74 bits per heavy atom. The molecule has 2 aromatic rings. The summed E-state index contributed by atoms with van der Waals surface area (Å²) in [5.41, 5.74) is 3.74. The Labute approximate surface area is 149 Å². The van der Waals surface area contributed by atoms with Crippen molar-refractivity contribution in [3.63, 3.8) is 0 Å². The van der Waals surface area contributed by atoms with E-state index in [1.54, 1.807) is 18.2 Å². The number of carbonyl (C=O) groups is 1. The third-order valence-electron chi connectivity index (χ3n) is 3.40. The first kappa shape index (κ1) is 17.8. The Hall–Kier alpha value is -1.59. The highest BCUT2D eigenvalue weighted by atomic mass is 79.9. The number of allylic oxidation sites excluding steroid dienone is 1. The summed E-state index contributed by atoms with van der Waals surface area (Å²) >= 11 is 9.24. The number of rotatable bonds is 5. The molecule has 0 spiro atoms. The summed E-state index contributed by atoms with van der Waals surface area (Å²) in [7, 11) is 0. The maximum atomic E-state index is 12.4. The van der Waals surface area contributed by atoms with E-state index in [9.17, 15) is 4.79 Å². The molecule has 0 N–H and O–H groups in total. The first-order chi connectivity index (χ1) is 10.8. The van der Waals surface area contributed by atoms with Crippen LogP contribution in [0.5, 0.6) is 5.75 Å². The van der Waals surface area contributed by atoms with E-state index in [0.717, 1.165) is 22.5 Å². The van der Waals surface area contributed by atoms with Crippen LogP contribution in [0, 0.1) is 13.8 Å². The molecule has 1 heterocycles. The summed E-state index contributed by atoms with van der Waals surface area (Å²) in [5, 5.41) is 4.92.